The zero-order chi connectivity index (χ0) is 25.3. The van der Waals surface area contributed by atoms with Crippen LogP contribution in [0.2, 0.25) is 0 Å². The van der Waals surface area contributed by atoms with Crippen LogP contribution in [0.15, 0.2) is 24.3 Å². The Morgan fingerprint density at radius 1 is 1.12 bits per heavy atom. The Balaban J connectivity index is 2.02. The third-order valence-corrected chi connectivity index (χ3v) is 5.37. The second kappa shape index (κ2) is 12.6. The third-order valence-electron chi connectivity index (χ3n) is 5.37. The molecular weight excluding hydrogens is 440 g/mol. The molecule has 1 aliphatic rings. The number of piperidine rings is 1. The SMILES string of the molecule is CCOC(C)C(=O)OC1CCN(C(=O)[C@H](Cc2ccc(OC)cc2)NC(=O)OC(C)(C)C)CC1. The predicted octanol–water partition coefficient (Wildman–Crippen LogP) is 3.09. The van der Waals surface area contributed by atoms with Crippen LogP contribution in [-0.2, 0) is 30.2 Å². The molecule has 1 aromatic carbocycles. The summed E-state index contributed by atoms with van der Waals surface area (Å²) in [6.45, 7) is 10.1. The van der Waals surface area contributed by atoms with Crippen molar-refractivity contribution in [3.05, 3.63) is 29.8 Å². The normalized spacial score (nSPS) is 16.4. The first-order chi connectivity index (χ1) is 16.0. The van der Waals surface area contributed by atoms with E-state index < -0.39 is 29.8 Å². The van der Waals surface area contributed by atoms with E-state index in [9.17, 15) is 14.4 Å². The van der Waals surface area contributed by atoms with Crippen molar-refractivity contribution in [3.8, 4) is 5.75 Å². The molecule has 1 aromatic rings. The number of ether oxygens (including phenoxy) is 4. The molecule has 1 N–H and O–H groups in total. The first-order valence-electron chi connectivity index (χ1n) is 11.8. The second-order valence-corrected chi connectivity index (χ2v) is 9.31. The summed E-state index contributed by atoms with van der Waals surface area (Å²) >= 11 is 0. The maximum absolute atomic E-state index is 13.4. The number of benzene rings is 1. The summed E-state index contributed by atoms with van der Waals surface area (Å²) in [6.07, 6.45) is -0.165. The Labute approximate surface area is 202 Å². The number of amides is 2. The number of carbonyl (C=O) groups is 3. The van der Waals surface area contributed by atoms with Crippen LogP contribution in [0.1, 0.15) is 53.0 Å². The number of hydrogen-bond donors (Lipinski definition) is 1. The highest BCUT2D eigenvalue weighted by molar-refractivity contribution is 5.86. The van der Waals surface area contributed by atoms with E-state index in [4.69, 9.17) is 18.9 Å². The van der Waals surface area contributed by atoms with Crippen LogP contribution in [0.5, 0.6) is 5.75 Å². The van der Waals surface area contributed by atoms with E-state index in [-0.39, 0.29) is 12.0 Å². The molecule has 1 heterocycles. The number of methoxy groups -OCH3 is 1. The van der Waals surface area contributed by atoms with Gasteiger partial charge in [-0.3, -0.25) is 4.79 Å². The van der Waals surface area contributed by atoms with Gasteiger partial charge in [-0.2, -0.15) is 0 Å². The number of nitrogens with one attached hydrogen (secondary N) is 1. The van der Waals surface area contributed by atoms with Gasteiger partial charge in [-0.05, 0) is 52.3 Å². The van der Waals surface area contributed by atoms with Crippen LogP contribution in [0.3, 0.4) is 0 Å². The van der Waals surface area contributed by atoms with Gasteiger partial charge in [0.25, 0.3) is 0 Å². The van der Waals surface area contributed by atoms with Crippen molar-refractivity contribution in [1.29, 1.82) is 0 Å². The zero-order valence-electron chi connectivity index (χ0n) is 21.1. The van der Waals surface area contributed by atoms with Crippen molar-refractivity contribution in [2.45, 2.75) is 77.7 Å². The Hall–Kier alpha value is -2.81. The lowest BCUT2D eigenvalue weighted by molar-refractivity contribution is -0.164. The summed E-state index contributed by atoms with van der Waals surface area (Å²) in [6, 6.07) is 6.56. The standard InChI is InChI=1S/C25H38N2O7/c1-7-32-17(2)23(29)33-20-12-14-27(15-13-20)22(28)21(26-24(30)34-25(3,4)5)16-18-8-10-19(31-6)11-9-18/h8-11,17,20-21H,7,12-16H2,1-6H3,(H,26,30)/t17?,21-/m0/s1. The fourth-order valence-electron chi connectivity index (χ4n) is 3.64. The molecule has 0 radical (unpaired) electrons. The molecule has 2 amide bonds. The van der Waals surface area contributed by atoms with Gasteiger partial charge in [0.2, 0.25) is 5.91 Å². The summed E-state index contributed by atoms with van der Waals surface area (Å²) in [7, 11) is 1.59. The summed E-state index contributed by atoms with van der Waals surface area (Å²) in [4.78, 5) is 39.6. The van der Waals surface area contributed by atoms with E-state index in [0.29, 0.717) is 44.7 Å². The molecule has 0 aromatic heterocycles. The van der Waals surface area contributed by atoms with Crippen molar-refractivity contribution < 1.29 is 33.3 Å². The van der Waals surface area contributed by atoms with Gasteiger partial charge in [0, 0.05) is 39.0 Å². The second-order valence-electron chi connectivity index (χ2n) is 9.31. The maximum Gasteiger partial charge on any atom is 0.408 e. The Kier molecular flexibility index (Phi) is 10.2. The molecule has 1 aliphatic heterocycles. The van der Waals surface area contributed by atoms with Crippen LogP contribution >= 0.6 is 0 Å². The van der Waals surface area contributed by atoms with E-state index >= 15 is 0 Å². The molecular formula is C25H38N2O7. The average molecular weight is 479 g/mol. The molecule has 9 nitrogen and oxygen atoms in total. The van der Waals surface area contributed by atoms with Crippen molar-refractivity contribution in [2.75, 3.05) is 26.8 Å². The highest BCUT2D eigenvalue weighted by atomic mass is 16.6. The van der Waals surface area contributed by atoms with E-state index in [1.807, 2.05) is 31.2 Å². The molecule has 34 heavy (non-hydrogen) atoms. The number of esters is 1. The fourth-order valence-corrected chi connectivity index (χ4v) is 3.64. The number of rotatable bonds is 9. The van der Waals surface area contributed by atoms with Crippen molar-refractivity contribution >= 4 is 18.0 Å². The monoisotopic (exact) mass is 478 g/mol. The van der Waals surface area contributed by atoms with Crippen LogP contribution in [-0.4, -0.2) is 73.5 Å². The van der Waals surface area contributed by atoms with Crippen LogP contribution < -0.4 is 10.1 Å². The average Bonchev–Trinajstić information content (AvgIpc) is 2.78. The first-order valence-corrected chi connectivity index (χ1v) is 11.8. The van der Waals surface area contributed by atoms with Gasteiger partial charge in [-0.15, -0.1) is 0 Å². The number of hydrogen-bond acceptors (Lipinski definition) is 7. The van der Waals surface area contributed by atoms with E-state index in [1.165, 1.54) is 0 Å². The molecule has 0 spiro atoms. The minimum absolute atomic E-state index is 0.200. The molecule has 190 valence electrons. The summed E-state index contributed by atoms with van der Waals surface area (Å²) in [5.41, 5.74) is 0.197. The topological polar surface area (TPSA) is 103 Å². The number of likely N-dealkylation sites (tertiary alicyclic amines) is 1. The predicted molar refractivity (Wildman–Crippen MR) is 127 cm³/mol. The highest BCUT2D eigenvalue weighted by Crippen LogP contribution is 2.18. The van der Waals surface area contributed by atoms with Gasteiger partial charge >= 0.3 is 12.1 Å². The zero-order valence-corrected chi connectivity index (χ0v) is 21.1. The smallest absolute Gasteiger partial charge is 0.408 e. The Bertz CT molecular complexity index is 812. The molecule has 1 saturated heterocycles. The summed E-state index contributed by atoms with van der Waals surface area (Å²) in [5, 5.41) is 2.73. The third kappa shape index (κ3) is 8.85. The van der Waals surface area contributed by atoms with Crippen LogP contribution in [0.25, 0.3) is 0 Å². The molecule has 0 bridgehead atoms. The molecule has 2 rings (SSSR count). The lowest BCUT2D eigenvalue weighted by atomic mass is 10.0. The van der Waals surface area contributed by atoms with Crippen LogP contribution in [0.4, 0.5) is 4.79 Å². The largest absolute Gasteiger partial charge is 0.497 e. The van der Waals surface area contributed by atoms with Gasteiger partial charge in [0.05, 0.1) is 7.11 Å². The van der Waals surface area contributed by atoms with Gasteiger partial charge in [0.1, 0.15) is 23.5 Å². The van der Waals surface area contributed by atoms with Crippen LogP contribution in [0, 0.1) is 0 Å². The van der Waals surface area contributed by atoms with Gasteiger partial charge in [0.15, 0.2) is 6.10 Å². The molecule has 9 heteroatoms. The first kappa shape index (κ1) is 27.4. The summed E-state index contributed by atoms with van der Waals surface area (Å²) in [5.74, 6) is 0.117. The molecule has 2 atom stereocenters. The lowest BCUT2D eigenvalue weighted by Gasteiger charge is -2.34. The fraction of sp³-hybridized carbons (Fsp3) is 0.640. The highest BCUT2D eigenvalue weighted by Gasteiger charge is 2.32. The van der Waals surface area contributed by atoms with E-state index in [0.717, 1.165) is 5.56 Å². The molecule has 0 saturated carbocycles. The molecule has 1 unspecified atom stereocenters. The molecule has 0 aliphatic carbocycles. The number of nitrogens with zero attached hydrogens (tertiary/aromatic N) is 1. The van der Waals surface area contributed by atoms with Gasteiger partial charge < -0.3 is 29.2 Å². The molecule has 1 fully saturated rings. The number of alkyl carbamates (subject to hydrolysis) is 1. The van der Waals surface area contributed by atoms with Crippen molar-refractivity contribution in [2.24, 2.45) is 0 Å². The lowest BCUT2D eigenvalue weighted by Crippen LogP contribution is -2.53. The maximum atomic E-state index is 13.4. The van der Waals surface area contributed by atoms with E-state index in [1.54, 1.807) is 39.7 Å². The Morgan fingerprint density at radius 2 is 1.74 bits per heavy atom. The van der Waals surface area contributed by atoms with Gasteiger partial charge in [-0.1, -0.05) is 12.1 Å². The minimum Gasteiger partial charge on any atom is -0.497 e. The quantitative estimate of drug-likeness (QED) is 0.544. The summed E-state index contributed by atoms with van der Waals surface area (Å²) < 4.78 is 21.4. The van der Waals surface area contributed by atoms with Gasteiger partial charge in [-0.25, -0.2) is 9.59 Å². The van der Waals surface area contributed by atoms with E-state index in [2.05, 4.69) is 5.32 Å². The Morgan fingerprint density at radius 3 is 2.26 bits per heavy atom. The minimum atomic E-state index is -0.791. The van der Waals surface area contributed by atoms with Crippen molar-refractivity contribution in [1.82, 2.24) is 10.2 Å². The van der Waals surface area contributed by atoms with Crippen molar-refractivity contribution in [3.63, 3.8) is 0 Å². The number of carbonyl (C=O) groups excluding carboxylic acids is 3.